The molecular formula is C27H28N2O5S. The first-order chi connectivity index (χ1) is 16.9. The van der Waals surface area contributed by atoms with Gasteiger partial charge in [-0.1, -0.05) is 53.3 Å². The van der Waals surface area contributed by atoms with Crippen LogP contribution in [-0.2, 0) is 9.53 Å². The second kappa shape index (κ2) is 10.3. The number of methoxy groups -OCH3 is 1. The van der Waals surface area contributed by atoms with Crippen LogP contribution < -0.4 is 24.4 Å². The van der Waals surface area contributed by atoms with Crippen LogP contribution in [0.2, 0.25) is 0 Å². The lowest BCUT2D eigenvalue weighted by molar-refractivity contribution is -0.139. The molecule has 0 aliphatic carbocycles. The minimum absolute atomic E-state index is 0.205. The fourth-order valence-electron chi connectivity index (χ4n) is 4.11. The van der Waals surface area contributed by atoms with Crippen molar-refractivity contribution in [2.45, 2.75) is 33.7 Å². The third-order valence-corrected chi connectivity index (χ3v) is 6.69. The number of carbonyl (C=O) groups excluding carboxylic acids is 1. The summed E-state index contributed by atoms with van der Waals surface area (Å²) in [5.74, 6) is 0.480. The lowest BCUT2D eigenvalue weighted by Crippen LogP contribution is -2.40. The molecule has 0 saturated heterocycles. The Balaban J connectivity index is 2.01. The Morgan fingerprint density at radius 3 is 2.51 bits per heavy atom. The molecule has 35 heavy (non-hydrogen) atoms. The van der Waals surface area contributed by atoms with E-state index in [4.69, 9.17) is 14.2 Å². The highest BCUT2D eigenvalue weighted by Crippen LogP contribution is 2.40. The average Bonchev–Trinajstić information content (AvgIpc) is 3.14. The monoisotopic (exact) mass is 492 g/mol. The van der Waals surface area contributed by atoms with E-state index in [-0.39, 0.29) is 12.2 Å². The maximum absolute atomic E-state index is 13.8. The van der Waals surface area contributed by atoms with Crippen LogP contribution in [0.15, 0.2) is 63.5 Å². The van der Waals surface area contributed by atoms with Gasteiger partial charge in [0.1, 0.15) is 6.04 Å². The van der Waals surface area contributed by atoms with Gasteiger partial charge in [0.15, 0.2) is 16.3 Å². The quantitative estimate of drug-likeness (QED) is 0.472. The van der Waals surface area contributed by atoms with Crippen molar-refractivity contribution >= 4 is 23.4 Å². The second-order valence-corrected chi connectivity index (χ2v) is 9.03. The summed E-state index contributed by atoms with van der Waals surface area (Å²) in [6, 6.07) is 12.6. The van der Waals surface area contributed by atoms with Crippen LogP contribution in [0.5, 0.6) is 11.5 Å². The van der Waals surface area contributed by atoms with E-state index >= 15 is 0 Å². The van der Waals surface area contributed by atoms with Crippen LogP contribution in [0.4, 0.5) is 0 Å². The number of fused-ring (bicyclic) bond motifs is 1. The second-order valence-electron chi connectivity index (χ2n) is 8.02. The smallest absolute Gasteiger partial charge is 0.338 e. The van der Waals surface area contributed by atoms with E-state index in [1.165, 1.54) is 11.3 Å². The van der Waals surface area contributed by atoms with Gasteiger partial charge in [0.05, 0.1) is 36.1 Å². The van der Waals surface area contributed by atoms with Gasteiger partial charge in [-0.25, -0.2) is 9.79 Å². The number of carbonyl (C=O) groups is 1. The van der Waals surface area contributed by atoms with Crippen molar-refractivity contribution in [3.63, 3.8) is 0 Å². The highest BCUT2D eigenvalue weighted by atomic mass is 32.1. The standard InChI is InChI=1S/C27H28N2O5S/c1-6-33-24-19(9-8-10-20(24)32-5)23-22(26(31)34-7-2)17(4)28-27-29(23)25(30)21(35-27)15-18-13-11-16(3)12-14-18/h8-15,23H,6-7H2,1-5H3/b21-15+/t23-/m0/s1. The number of benzene rings is 2. The third kappa shape index (κ3) is 4.66. The molecule has 0 bridgehead atoms. The number of allylic oxidation sites excluding steroid dienone is 1. The van der Waals surface area contributed by atoms with Gasteiger partial charge in [0.25, 0.3) is 5.56 Å². The molecule has 1 aliphatic rings. The summed E-state index contributed by atoms with van der Waals surface area (Å²) >= 11 is 1.29. The summed E-state index contributed by atoms with van der Waals surface area (Å²) in [4.78, 5) is 32.0. The number of thiazole rings is 1. The SMILES string of the molecule is CCOC(=O)C1=C(C)N=c2s/c(=C/c3ccc(C)cc3)c(=O)n2[C@H]1c1cccc(OC)c1OCC. The number of aromatic nitrogens is 1. The topological polar surface area (TPSA) is 79.1 Å². The molecule has 1 aromatic heterocycles. The highest BCUT2D eigenvalue weighted by molar-refractivity contribution is 7.07. The first-order valence-electron chi connectivity index (χ1n) is 11.5. The Hall–Kier alpha value is -3.65. The van der Waals surface area contributed by atoms with Crippen molar-refractivity contribution in [1.82, 2.24) is 4.57 Å². The van der Waals surface area contributed by atoms with Crippen molar-refractivity contribution in [3.8, 4) is 11.5 Å². The Kier molecular flexibility index (Phi) is 7.21. The van der Waals surface area contributed by atoms with Crippen LogP contribution in [0, 0.1) is 6.92 Å². The molecule has 4 rings (SSSR count). The Morgan fingerprint density at radius 1 is 1.11 bits per heavy atom. The Labute approximate surface area is 207 Å². The molecule has 3 aromatic rings. The molecule has 0 radical (unpaired) electrons. The summed E-state index contributed by atoms with van der Waals surface area (Å²) < 4.78 is 19.0. The van der Waals surface area contributed by atoms with Crippen molar-refractivity contribution in [1.29, 1.82) is 0 Å². The van der Waals surface area contributed by atoms with E-state index in [0.29, 0.717) is 44.3 Å². The number of esters is 1. The van der Waals surface area contributed by atoms with Gasteiger partial charge in [-0.05, 0) is 45.4 Å². The number of para-hydroxylation sites is 1. The lowest BCUT2D eigenvalue weighted by Gasteiger charge is -2.26. The van der Waals surface area contributed by atoms with E-state index in [1.807, 2.05) is 56.3 Å². The Bertz CT molecular complexity index is 1460. The molecule has 0 fully saturated rings. The van der Waals surface area contributed by atoms with E-state index in [2.05, 4.69) is 4.99 Å². The predicted octanol–water partition coefficient (Wildman–Crippen LogP) is 3.51. The van der Waals surface area contributed by atoms with Crippen molar-refractivity contribution in [2.75, 3.05) is 20.3 Å². The molecule has 1 aliphatic heterocycles. The number of hydrogen-bond acceptors (Lipinski definition) is 7. The van der Waals surface area contributed by atoms with Crippen LogP contribution >= 0.6 is 11.3 Å². The van der Waals surface area contributed by atoms with Gasteiger partial charge in [-0.15, -0.1) is 0 Å². The summed E-state index contributed by atoms with van der Waals surface area (Å²) in [6.45, 7) is 7.99. The van der Waals surface area contributed by atoms with Gasteiger partial charge >= 0.3 is 5.97 Å². The van der Waals surface area contributed by atoms with Crippen molar-refractivity contribution in [3.05, 3.63) is 90.1 Å². The van der Waals surface area contributed by atoms with Crippen LogP contribution in [0.1, 0.15) is 43.5 Å². The maximum atomic E-state index is 13.8. The molecular weight excluding hydrogens is 464 g/mol. The number of aryl methyl sites for hydroxylation is 1. The van der Waals surface area contributed by atoms with Gasteiger partial charge in [-0.2, -0.15) is 0 Å². The van der Waals surface area contributed by atoms with Gasteiger partial charge < -0.3 is 14.2 Å². The first kappa shape index (κ1) is 24.5. The Morgan fingerprint density at radius 2 is 1.86 bits per heavy atom. The highest BCUT2D eigenvalue weighted by Gasteiger charge is 2.35. The number of hydrogen-bond donors (Lipinski definition) is 0. The van der Waals surface area contributed by atoms with Crippen molar-refractivity contribution in [2.24, 2.45) is 4.99 Å². The normalized spacial score (nSPS) is 15.5. The van der Waals surface area contributed by atoms with Gasteiger partial charge in [0.2, 0.25) is 0 Å². The minimum Gasteiger partial charge on any atom is -0.493 e. The summed E-state index contributed by atoms with van der Waals surface area (Å²) in [5.41, 5.74) is 3.25. The third-order valence-electron chi connectivity index (χ3n) is 5.70. The molecule has 8 heteroatoms. The van der Waals surface area contributed by atoms with Gasteiger partial charge in [0, 0.05) is 5.56 Å². The van der Waals surface area contributed by atoms with E-state index < -0.39 is 12.0 Å². The molecule has 0 amide bonds. The molecule has 2 heterocycles. The largest absolute Gasteiger partial charge is 0.493 e. The summed E-state index contributed by atoms with van der Waals surface area (Å²) in [6.07, 6.45) is 1.85. The van der Waals surface area contributed by atoms with Crippen molar-refractivity contribution < 1.29 is 19.0 Å². The molecule has 0 unspecified atom stereocenters. The molecule has 0 N–H and O–H groups in total. The number of rotatable bonds is 7. The van der Waals surface area contributed by atoms with Gasteiger partial charge in [-0.3, -0.25) is 9.36 Å². The zero-order valence-electron chi connectivity index (χ0n) is 20.5. The molecule has 2 aromatic carbocycles. The fraction of sp³-hybridized carbons (Fsp3) is 0.296. The molecule has 0 spiro atoms. The van der Waals surface area contributed by atoms with Crippen LogP contribution in [-0.4, -0.2) is 30.9 Å². The predicted molar refractivity (Wildman–Crippen MR) is 136 cm³/mol. The zero-order chi connectivity index (χ0) is 25.1. The fourth-order valence-corrected chi connectivity index (χ4v) is 5.15. The zero-order valence-corrected chi connectivity index (χ0v) is 21.3. The average molecular weight is 493 g/mol. The number of ether oxygens (including phenoxy) is 3. The summed E-state index contributed by atoms with van der Waals surface area (Å²) in [7, 11) is 1.56. The first-order valence-corrected chi connectivity index (χ1v) is 12.3. The summed E-state index contributed by atoms with van der Waals surface area (Å²) in [5, 5.41) is 0. The van der Waals surface area contributed by atoms with Crippen LogP contribution in [0.3, 0.4) is 0 Å². The molecule has 1 atom stereocenters. The molecule has 7 nitrogen and oxygen atoms in total. The number of nitrogens with zero attached hydrogens (tertiary/aromatic N) is 2. The van der Waals surface area contributed by atoms with E-state index in [9.17, 15) is 9.59 Å². The maximum Gasteiger partial charge on any atom is 0.338 e. The van der Waals surface area contributed by atoms with E-state index in [1.54, 1.807) is 31.6 Å². The molecule has 182 valence electrons. The lowest BCUT2D eigenvalue weighted by atomic mass is 9.94. The van der Waals surface area contributed by atoms with Crippen LogP contribution in [0.25, 0.3) is 6.08 Å². The molecule has 0 saturated carbocycles. The minimum atomic E-state index is -0.776. The van der Waals surface area contributed by atoms with E-state index in [0.717, 1.165) is 11.1 Å².